The first-order valence-corrected chi connectivity index (χ1v) is 7.74. The molecule has 3 atom stereocenters. The SMILES string of the molecule is COc1ccc(C(C)NC2CCCCCC2C)c(O)c1. The third-order valence-corrected chi connectivity index (χ3v) is 4.53. The van der Waals surface area contributed by atoms with E-state index in [9.17, 15) is 5.11 Å². The van der Waals surface area contributed by atoms with E-state index in [0.29, 0.717) is 23.5 Å². The molecule has 2 N–H and O–H groups in total. The predicted octanol–water partition coefficient (Wildman–Crippen LogP) is 4.02. The number of benzene rings is 1. The van der Waals surface area contributed by atoms with Crippen molar-refractivity contribution in [3.05, 3.63) is 23.8 Å². The number of phenols is 1. The maximum absolute atomic E-state index is 10.1. The number of aromatic hydroxyl groups is 1. The van der Waals surface area contributed by atoms with E-state index in [4.69, 9.17) is 4.74 Å². The van der Waals surface area contributed by atoms with Crippen LogP contribution in [0.3, 0.4) is 0 Å². The third kappa shape index (κ3) is 3.66. The Morgan fingerprint density at radius 3 is 2.70 bits per heavy atom. The Hall–Kier alpha value is -1.22. The van der Waals surface area contributed by atoms with Gasteiger partial charge in [0.2, 0.25) is 0 Å². The minimum absolute atomic E-state index is 0.159. The second-order valence-corrected chi connectivity index (χ2v) is 6.03. The summed E-state index contributed by atoms with van der Waals surface area (Å²) >= 11 is 0. The number of phenolic OH excluding ortho intramolecular Hbond substituents is 1. The van der Waals surface area contributed by atoms with Crippen LogP contribution in [0, 0.1) is 5.92 Å². The molecule has 0 aliphatic heterocycles. The molecule has 1 aromatic carbocycles. The molecule has 1 saturated carbocycles. The lowest BCUT2D eigenvalue weighted by molar-refractivity contribution is 0.325. The molecular weight excluding hydrogens is 250 g/mol. The summed E-state index contributed by atoms with van der Waals surface area (Å²) < 4.78 is 5.13. The van der Waals surface area contributed by atoms with Gasteiger partial charge in [0.25, 0.3) is 0 Å². The van der Waals surface area contributed by atoms with Crippen molar-refractivity contribution in [2.75, 3.05) is 7.11 Å². The van der Waals surface area contributed by atoms with Gasteiger partial charge in [-0.05, 0) is 31.7 Å². The standard InChI is InChI=1S/C17H27NO2/c1-12-7-5-4-6-8-16(12)18-13(2)15-10-9-14(20-3)11-17(15)19/h9-13,16,18-19H,4-8H2,1-3H3. The summed E-state index contributed by atoms with van der Waals surface area (Å²) in [6.07, 6.45) is 6.55. The van der Waals surface area contributed by atoms with Gasteiger partial charge in [-0.15, -0.1) is 0 Å². The van der Waals surface area contributed by atoms with Crippen LogP contribution in [0.25, 0.3) is 0 Å². The molecule has 0 spiro atoms. The van der Waals surface area contributed by atoms with Gasteiger partial charge in [-0.3, -0.25) is 0 Å². The van der Waals surface area contributed by atoms with Gasteiger partial charge in [0.1, 0.15) is 11.5 Å². The Balaban J connectivity index is 2.05. The van der Waals surface area contributed by atoms with Crippen LogP contribution >= 0.6 is 0 Å². The Kier molecular flexibility index (Phi) is 5.30. The quantitative estimate of drug-likeness (QED) is 0.817. The average Bonchev–Trinajstić information content (AvgIpc) is 2.64. The van der Waals surface area contributed by atoms with Crippen LogP contribution in [-0.2, 0) is 0 Å². The molecule has 1 fully saturated rings. The van der Waals surface area contributed by atoms with Gasteiger partial charge in [-0.1, -0.05) is 32.3 Å². The summed E-state index contributed by atoms with van der Waals surface area (Å²) in [6.45, 7) is 4.46. The monoisotopic (exact) mass is 277 g/mol. The highest BCUT2D eigenvalue weighted by molar-refractivity contribution is 5.41. The predicted molar refractivity (Wildman–Crippen MR) is 82.2 cm³/mol. The summed E-state index contributed by atoms with van der Waals surface area (Å²) in [4.78, 5) is 0. The summed E-state index contributed by atoms with van der Waals surface area (Å²) in [6, 6.07) is 6.25. The van der Waals surface area contributed by atoms with Crippen molar-refractivity contribution in [1.82, 2.24) is 5.32 Å². The molecule has 1 aromatic rings. The second kappa shape index (κ2) is 6.98. The largest absolute Gasteiger partial charge is 0.507 e. The molecule has 3 unspecified atom stereocenters. The Morgan fingerprint density at radius 2 is 2.00 bits per heavy atom. The molecule has 1 aliphatic rings. The lowest BCUT2D eigenvalue weighted by Gasteiger charge is -2.27. The lowest BCUT2D eigenvalue weighted by Crippen LogP contribution is -2.36. The molecular formula is C17H27NO2. The molecule has 2 rings (SSSR count). The molecule has 0 amide bonds. The second-order valence-electron chi connectivity index (χ2n) is 6.03. The van der Waals surface area contributed by atoms with Gasteiger partial charge in [0, 0.05) is 23.7 Å². The van der Waals surface area contributed by atoms with E-state index in [2.05, 4.69) is 19.2 Å². The molecule has 3 nitrogen and oxygen atoms in total. The molecule has 0 saturated heterocycles. The van der Waals surface area contributed by atoms with Crippen LogP contribution in [0.1, 0.15) is 57.6 Å². The zero-order chi connectivity index (χ0) is 14.5. The molecule has 20 heavy (non-hydrogen) atoms. The maximum Gasteiger partial charge on any atom is 0.124 e. The number of rotatable bonds is 4. The molecule has 0 radical (unpaired) electrons. The molecule has 0 aromatic heterocycles. The number of nitrogens with one attached hydrogen (secondary N) is 1. The van der Waals surface area contributed by atoms with E-state index in [0.717, 1.165) is 5.56 Å². The topological polar surface area (TPSA) is 41.5 Å². The Morgan fingerprint density at radius 1 is 1.25 bits per heavy atom. The maximum atomic E-state index is 10.1. The van der Waals surface area contributed by atoms with Gasteiger partial charge in [-0.25, -0.2) is 0 Å². The summed E-state index contributed by atoms with van der Waals surface area (Å²) in [5.41, 5.74) is 0.947. The molecule has 112 valence electrons. The van der Waals surface area contributed by atoms with E-state index in [1.807, 2.05) is 12.1 Å². The van der Waals surface area contributed by atoms with E-state index >= 15 is 0 Å². The van der Waals surface area contributed by atoms with Crippen LogP contribution in [-0.4, -0.2) is 18.3 Å². The fourth-order valence-corrected chi connectivity index (χ4v) is 3.17. The number of ether oxygens (including phenoxy) is 1. The van der Waals surface area contributed by atoms with Crippen LogP contribution in [0.15, 0.2) is 18.2 Å². The van der Waals surface area contributed by atoms with E-state index in [-0.39, 0.29) is 6.04 Å². The number of hydrogen-bond donors (Lipinski definition) is 2. The average molecular weight is 277 g/mol. The molecule has 1 aliphatic carbocycles. The van der Waals surface area contributed by atoms with Crippen molar-refractivity contribution in [3.8, 4) is 11.5 Å². The van der Waals surface area contributed by atoms with E-state index in [1.54, 1.807) is 13.2 Å². The third-order valence-electron chi connectivity index (χ3n) is 4.53. The van der Waals surface area contributed by atoms with Crippen molar-refractivity contribution in [3.63, 3.8) is 0 Å². The fourth-order valence-electron chi connectivity index (χ4n) is 3.17. The smallest absolute Gasteiger partial charge is 0.124 e. The summed E-state index contributed by atoms with van der Waals surface area (Å²) in [5, 5.41) is 13.8. The van der Waals surface area contributed by atoms with Crippen LogP contribution in [0.4, 0.5) is 0 Å². The van der Waals surface area contributed by atoms with Crippen LogP contribution in [0.2, 0.25) is 0 Å². The summed E-state index contributed by atoms with van der Waals surface area (Å²) in [5.74, 6) is 1.72. The van der Waals surface area contributed by atoms with Gasteiger partial charge < -0.3 is 15.2 Å². The van der Waals surface area contributed by atoms with Crippen LogP contribution < -0.4 is 10.1 Å². The zero-order valence-corrected chi connectivity index (χ0v) is 12.9. The van der Waals surface area contributed by atoms with Gasteiger partial charge in [0.15, 0.2) is 0 Å². The molecule has 0 heterocycles. The van der Waals surface area contributed by atoms with Crippen LogP contribution in [0.5, 0.6) is 11.5 Å². The van der Waals surface area contributed by atoms with Gasteiger partial charge in [0.05, 0.1) is 7.11 Å². The van der Waals surface area contributed by atoms with Crippen molar-refractivity contribution in [2.24, 2.45) is 5.92 Å². The van der Waals surface area contributed by atoms with Crippen molar-refractivity contribution in [1.29, 1.82) is 0 Å². The van der Waals surface area contributed by atoms with Crippen molar-refractivity contribution in [2.45, 2.75) is 58.0 Å². The highest BCUT2D eigenvalue weighted by Gasteiger charge is 2.22. The van der Waals surface area contributed by atoms with Crippen molar-refractivity contribution < 1.29 is 9.84 Å². The highest BCUT2D eigenvalue weighted by atomic mass is 16.5. The van der Waals surface area contributed by atoms with Gasteiger partial charge >= 0.3 is 0 Å². The minimum atomic E-state index is 0.159. The Labute approximate surface area is 122 Å². The first-order valence-electron chi connectivity index (χ1n) is 7.74. The first kappa shape index (κ1) is 15.2. The lowest BCUT2D eigenvalue weighted by atomic mass is 9.95. The summed E-state index contributed by atoms with van der Waals surface area (Å²) in [7, 11) is 1.61. The zero-order valence-electron chi connectivity index (χ0n) is 12.9. The Bertz CT molecular complexity index is 433. The van der Waals surface area contributed by atoms with E-state index in [1.165, 1.54) is 32.1 Å². The molecule has 3 heteroatoms. The molecule has 0 bridgehead atoms. The van der Waals surface area contributed by atoms with E-state index < -0.39 is 0 Å². The van der Waals surface area contributed by atoms with Crippen molar-refractivity contribution >= 4 is 0 Å². The normalized spacial score (nSPS) is 24.9. The van der Waals surface area contributed by atoms with Gasteiger partial charge in [-0.2, -0.15) is 0 Å². The highest BCUT2D eigenvalue weighted by Crippen LogP contribution is 2.30. The minimum Gasteiger partial charge on any atom is -0.507 e. The number of methoxy groups -OCH3 is 1. The number of hydrogen-bond acceptors (Lipinski definition) is 3. The first-order chi connectivity index (χ1) is 9.61. The fraction of sp³-hybridized carbons (Fsp3) is 0.647.